The molecule has 6 aliphatic heterocycles. The van der Waals surface area contributed by atoms with Crippen molar-refractivity contribution < 1.29 is 37.1 Å². The van der Waals surface area contributed by atoms with Gasteiger partial charge in [0.1, 0.15) is 29.2 Å². The van der Waals surface area contributed by atoms with Crippen molar-refractivity contribution in [3.63, 3.8) is 0 Å². The summed E-state index contributed by atoms with van der Waals surface area (Å²) >= 11 is 22.3. The molecule has 0 aliphatic carbocycles. The monoisotopic (exact) mass is 2050 g/mol. The molecule has 15 heterocycles. The van der Waals surface area contributed by atoms with Crippen LogP contribution in [-0.4, -0.2) is 185 Å². The lowest BCUT2D eigenvalue weighted by Gasteiger charge is -2.50. The van der Waals surface area contributed by atoms with Crippen LogP contribution in [0.2, 0.25) is 15.1 Å². The Morgan fingerprint density at radius 1 is 0.408 bits per heavy atom. The average molecular weight is 2050 g/mol. The molecular formula is C111H113Cl3F3N19O11. The number of nitrogens with one attached hydrogen (secondary N) is 3. The number of amides is 4. The largest absolute Gasteiger partial charge is 0.486 e. The highest BCUT2D eigenvalue weighted by Crippen LogP contribution is 2.54. The molecule has 4 amide bonds. The maximum Gasteiger partial charge on any atom is 0.326 e. The second-order valence-electron chi connectivity index (χ2n) is 40.4. The number of likely N-dealkylation sites (N-methyl/N-ethyl adjacent to an activating group) is 1. The lowest BCUT2D eigenvalue weighted by atomic mass is 9.89. The molecular weight excluding hydrogens is 1940 g/mol. The van der Waals surface area contributed by atoms with Crippen molar-refractivity contribution in [2.75, 3.05) is 72.5 Å². The lowest BCUT2D eigenvalue weighted by molar-refractivity contribution is -0.131. The summed E-state index contributed by atoms with van der Waals surface area (Å²) in [5.74, 6) is -2.96. The fourth-order valence-electron chi connectivity index (χ4n) is 23.2. The van der Waals surface area contributed by atoms with E-state index in [0.29, 0.717) is 185 Å². The Morgan fingerprint density at radius 3 is 1.13 bits per heavy atom. The summed E-state index contributed by atoms with van der Waals surface area (Å²) in [6.45, 7) is 42.1. The van der Waals surface area contributed by atoms with E-state index in [0.717, 1.165) is 27.9 Å². The first-order valence-electron chi connectivity index (χ1n) is 49.1. The number of ether oxygens (including phenoxy) is 1. The van der Waals surface area contributed by atoms with E-state index in [-0.39, 0.29) is 163 Å². The van der Waals surface area contributed by atoms with Crippen LogP contribution in [0.3, 0.4) is 0 Å². The quantitative estimate of drug-likeness (QED) is 0.0957. The first kappa shape index (κ1) is 101. The third-order valence-corrected chi connectivity index (χ3v) is 31.5. The number of piperazine rings is 3. The van der Waals surface area contributed by atoms with E-state index in [9.17, 15) is 38.4 Å². The number of fused-ring (bicyclic) bond motifs is 18. The molecule has 760 valence electrons. The number of pyridine rings is 6. The summed E-state index contributed by atoms with van der Waals surface area (Å²) in [5, 5.41) is 1.29. The minimum atomic E-state index is -0.843. The van der Waals surface area contributed by atoms with Gasteiger partial charge in [-0.1, -0.05) is 114 Å². The van der Waals surface area contributed by atoms with Gasteiger partial charge in [-0.15, -0.1) is 0 Å². The number of carbonyl (C=O) groups excluding carboxylic acids is 4. The Bertz CT molecular complexity index is 8670. The van der Waals surface area contributed by atoms with Gasteiger partial charge in [0, 0.05) is 165 Å². The van der Waals surface area contributed by atoms with E-state index < -0.39 is 34.6 Å². The molecule has 6 atom stereocenters. The first-order chi connectivity index (χ1) is 69.9. The lowest BCUT2D eigenvalue weighted by Crippen LogP contribution is -2.66. The molecule has 30 nitrogen and oxygen atoms in total. The maximum absolute atomic E-state index is 17.0. The number of benzene rings is 6. The average Bonchev–Trinajstić information content (AvgIpc) is 1.34. The van der Waals surface area contributed by atoms with Crippen LogP contribution in [0.1, 0.15) is 149 Å². The molecule has 6 unspecified atom stereocenters. The Labute approximate surface area is 858 Å². The normalized spacial score (nSPS) is 17.6. The molecule has 36 heteroatoms. The van der Waals surface area contributed by atoms with Gasteiger partial charge in [0.05, 0.1) is 135 Å². The van der Waals surface area contributed by atoms with Crippen LogP contribution in [0.15, 0.2) is 158 Å². The number of imidazole rings is 3. The summed E-state index contributed by atoms with van der Waals surface area (Å²) in [6, 6.07) is 18.6. The smallest absolute Gasteiger partial charge is 0.326 e. The fraction of sp³-hybridized carbons (Fsp3) is 0.342. The van der Waals surface area contributed by atoms with Crippen LogP contribution >= 0.6 is 34.8 Å². The summed E-state index contributed by atoms with van der Waals surface area (Å²) in [7, 11) is 6.38. The van der Waals surface area contributed by atoms with Crippen molar-refractivity contribution >= 4 is 147 Å². The predicted molar refractivity (Wildman–Crippen MR) is 575 cm³/mol. The maximum atomic E-state index is 17.0. The minimum absolute atomic E-state index is 0.0198. The molecule has 147 heavy (non-hydrogen) atoms. The zero-order valence-corrected chi connectivity index (χ0v) is 87.5. The van der Waals surface area contributed by atoms with E-state index in [1.54, 1.807) is 89.3 Å². The van der Waals surface area contributed by atoms with Gasteiger partial charge in [0.15, 0.2) is 0 Å². The van der Waals surface area contributed by atoms with Crippen molar-refractivity contribution in [2.45, 2.75) is 177 Å². The summed E-state index contributed by atoms with van der Waals surface area (Å²) in [6.07, 6.45) is 10.6. The van der Waals surface area contributed by atoms with E-state index in [1.807, 2.05) is 133 Å². The number of rotatable bonds is 12. The van der Waals surface area contributed by atoms with Gasteiger partial charge in [0.25, 0.3) is 22.6 Å². The standard InChI is InChI=1S/C37H37ClFN7O4.C37H38ClFN6O4.C37H38ClFN6O3/c1-9-25(47)44-16-24-35(48)42(7)34-32(45(24)15-20(44)6)21-14-22(39)27(26-18(4)10-11-23-33(26)43(8)37(50)41-23)28(38)31(21)46(36(34)49)30-19(5)12-13-40-29(30)17(2)3;1-8-26(46)43-17-22-12-14-49-35-33(44(22)16-21(43)6)23-15-24(39)28(27-19(4)9-10-25-34(27)42(7)37(48)41-25)29(38)32(23)45(36(35)47)31-20(5)11-13-40-30(31)18(2)3;1-8-27(46)43-17-22-10-11-23-33(44(22)16-21(43)6)24-15-25(39)29(28-19(4)9-12-26-35(28)42(7)37(48)41-26)30(38)34(24)45(36(23)47)32-20(5)13-14-40-31(32)18(2)3/h9-14,17,20,24H,1,15-16H2,2-8H3,(H,41,50);8-11,13,15,18,21-22H,1,12,14,16-17H2,2-7H3,(H,41,48);8-9,12-15,18,21-22H,1,10-11,16-17H2,2-7H3,(H,41,48). The van der Waals surface area contributed by atoms with Gasteiger partial charge in [0.2, 0.25) is 23.5 Å². The van der Waals surface area contributed by atoms with Crippen molar-refractivity contribution in [2.24, 2.45) is 21.1 Å². The number of nitrogens with zero attached hydrogens (tertiary/aromatic N) is 16. The van der Waals surface area contributed by atoms with Crippen LogP contribution in [0.5, 0.6) is 5.75 Å². The first-order valence-corrected chi connectivity index (χ1v) is 50.3. The molecule has 0 radical (unpaired) electrons. The minimum Gasteiger partial charge on any atom is -0.486 e. The van der Waals surface area contributed by atoms with Crippen molar-refractivity contribution in [1.82, 2.24) is 72.0 Å². The Kier molecular flexibility index (Phi) is 26.0. The van der Waals surface area contributed by atoms with E-state index >= 15 is 22.8 Å². The van der Waals surface area contributed by atoms with Crippen LogP contribution in [0.25, 0.3) is 116 Å². The number of aryl methyl sites for hydroxylation is 9. The third-order valence-electron chi connectivity index (χ3n) is 30.4. The van der Waals surface area contributed by atoms with Crippen molar-refractivity contribution in [3.05, 3.63) is 280 Å². The number of H-pyrrole nitrogens is 3. The number of carbonyl (C=O) groups is 4. The van der Waals surface area contributed by atoms with E-state index in [1.165, 1.54) is 71.2 Å². The van der Waals surface area contributed by atoms with Gasteiger partial charge in [-0.25, -0.2) is 27.6 Å². The Balaban J connectivity index is 0.000000139. The number of aromatic amines is 3. The van der Waals surface area contributed by atoms with Crippen molar-refractivity contribution in [3.8, 4) is 56.2 Å². The molecule has 3 N–H and O–H groups in total. The topological polar surface area (TPSA) is 318 Å². The second-order valence-corrected chi connectivity index (χ2v) is 41.6. The third kappa shape index (κ3) is 15.9. The highest BCUT2D eigenvalue weighted by Gasteiger charge is 2.49. The zero-order chi connectivity index (χ0) is 105. The predicted octanol–water partition coefficient (Wildman–Crippen LogP) is 17.8. The molecule has 15 aromatic rings. The van der Waals surface area contributed by atoms with Gasteiger partial charge in [-0.05, 0) is 199 Å². The van der Waals surface area contributed by atoms with Crippen LogP contribution < -0.4 is 58.1 Å². The van der Waals surface area contributed by atoms with E-state index in [2.05, 4.69) is 54.5 Å². The highest BCUT2D eigenvalue weighted by molar-refractivity contribution is 6.41. The van der Waals surface area contributed by atoms with Crippen LogP contribution in [-0.2, 0) is 46.7 Å². The molecule has 0 spiro atoms. The number of aromatic nitrogens is 12. The molecule has 3 fully saturated rings. The van der Waals surface area contributed by atoms with Gasteiger partial charge >= 0.3 is 17.1 Å². The van der Waals surface area contributed by atoms with Crippen LogP contribution in [0, 0.1) is 59.0 Å². The zero-order valence-electron chi connectivity index (χ0n) is 85.2. The molecule has 9 aromatic heterocycles. The van der Waals surface area contributed by atoms with Gasteiger partial charge in [-0.3, -0.25) is 75.9 Å². The fourth-order valence-corrected chi connectivity index (χ4v) is 24.3. The summed E-state index contributed by atoms with van der Waals surface area (Å²) < 4.78 is 66.3. The van der Waals surface area contributed by atoms with Crippen molar-refractivity contribution in [1.29, 1.82) is 0 Å². The molecule has 21 rings (SSSR count). The summed E-state index contributed by atoms with van der Waals surface area (Å²) in [5.41, 5.74) is 13.5. The number of halogens is 6. The molecule has 3 saturated heterocycles. The number of hydrogen-bond donors (Lipinski definition) is 3. The van der Waals surface area contributed by atoms with Gasteiger partial charge in [-0.2, -0.15) is 0 Å². The highest BCUT2D eigenvalue weighted by atomic mass is 35.5. The van der Waals surface area contributed by atoms with Gasteiger partial charge < -0.3 is 54.0 Å². The second kappa shape index (κ2) is 37.9. The Morgan fingerprint density at radius 2 is 0.748 bits per heavy atom. The molecule has 6 aliphatic rings. The SMILES string of the molecule is C=CC(=O)N1CC2C(=O)N(C)c3c(c4cc(F)c(-c5c(C)ccc6[nH]c(=O)n(C)c56)c(Cl)c4n(-c4c(C)ccnc4C(C)C)c3=O)N2CC1C.C=CC(=O)N1CC2CCOc3c(c4cc(F)c(-c5c(C)ccc6[nH]c(=O)n(C)c56)c(Cl)c4n(-c4c(C)ccnc4C(C)C)c3=O)N2CC1C.C=CC(=O)N1CC2CCc3c(c4cc(F)c(-c5c(C)ccc6[nH]c(=O)n(C)c56)c(Cl)c4n(-c4c(C)ccnc4C(C)C)c3=O)N2CC1C. The molecule has 0 saturated carbocycles. The van der Waals surface area contributed by atoms with E-state index in [4.69, 9.17) is 44.5 Å². The summed E-state index contributed by atoms with van der Waals surface area (Å²) in [4.78, 5) is 171. The number of anilines is 4. The number of hydrogen-bond acceptors (Lipinski definition) is 17. The van der Waals surface area contributed by atoms with Crippen LogP contribution in [0.4, 0.5) is 35.9 Å². The Hall–Kier alpha value is -14.8. The molecule has 6 aromatic carbocycles. The molecule has 0 bridgehead atoms.